The summed E-state index contributed by atoms with van der Waals surface area (Å²) >= 11 is 0. The van der Waals surface area contributed by atoms with E-state index in [0.717, 1.165) is 10.8 Å². The van der Waals surface area contributed by atoms with E-state index in [1.165, 1.54) is 0 Å². The average Bonchev–Trinajstić information content (AvgIpc) is 2.62. The fourth-order valence-electron chi connectivity index (χ4n) is 1.91. The van der Waals surface area contributed by atoms with Crippen LogP contribution in [-0.4, -0.2) is 11.1 Å². The Morgan fingerprint density at radius 1 is 1.27 bits per heavy atom. The van der Waals surface area contributed by atoms with Crippen LogP contribution in [0.3, 0.4) is 0 Å². The van der Waals surface area contributed by atoms with E-state index in [1.807, 2.05) is 24.3 Å². The third-order valence-corrected chi connectivity index (χ3v) is 2.69. The summed E-state index contributed by atoms with van der Waals surface area (Å²) in [5.74, 6) is -0.194. The number of carbonyl (C=O) groups is 1. The number of fused-ring (bicyclic) bond motifs is 2. The van der Waals surface area contributed by atoms with Crippen molar-refractivity contribution in [1.82, 2.24) is 0 Å². The minimum atomic E-state index is -0.356. The van der Waals surface area contributed by atoms with Gasteiger partial charge in [-0.15, -0.1) is 0 Å². The van der Waals surface area contributed by atoms with Gasteiger partial charge in [0, 0.05) is 10.9 Å². The summed E-state index contributed by atoms with van der Waals surface area (Å²) in [6.45, 7) is 0.171. The van der Waals surface area contributed by atoms with Gasteiger partial charge in [-0.1, -0.05) is 24.3 Å². The summed E-state index contributed by atoms with van der Waals surface area (Å²) in [5.41, 5.74) is 1.07. The number of rotatable bonds is 0. The van der Waals surface area contributed by atoms with Crippen LogP contribution in [0.1, 0.15) is 15.9 Å². The van der Waals surface area contributed by atoms with Gasteiger partial charge in [-0.2, -0.15) is 0 Å². The number of cyclic esters (lactones) is 1. The second-order valence-corrected chi connectivity index (χ2v) is 3.55. The Morgan fingerprint density at radius 2 is 2.07 bits per heavy atom. The molecule has 74 valence electrons. The molecule has 15 heavy (non-hydrogen) atoms. The van der Waals surface area contributed by atoms with E-state index in [2.05, 4.69) is 0 Å². The maximum absolute atomic E-state index is 11.3. The van der Waals surface area contributed by atoms with Crippen molar-refractivity contribution in [3.05, 3.63) is 41.5 Å². The van der Waals surface area contributed by atoms with Crippen molar-refractivity contribution in [3.63, 3.8) is 0 Å². The third-order valence-electron chi connectivity index (χ3n) is 2.69. The normalized spacial score (nSPS) is 14.0. The van der Waals surface area contributed by atoms with Gasteiger partial charge in [-0.05, 0) is 11.5 Å². The molecule has 3 heteroatoms. The Kier molecular flexibility index (Phi) is 1.51. The molecule has 3 rings (SSSR count). The first-order valence-corrected chi connectivity index (χ1v) is 4.68. The van der Waals surface area contributed by atoms with Crippen molar-refractivity contribution in [2.75, 3.05) is 0 Å². The predicted octanol–water partition coefficient (Wildman–Crippen LogP) is 2.22. The first-order valence-electron chi connectivity index (χ1n) is 4.68. The van der Waals surface area contributed by atoms with Crippen LogP contribution in [0.4, 0.5) is 0 Å². The van der Waals surface area contributed by atoms with E-state index >= 15 is 0 Å². The molecule has 0 fully saturated rings. The summed E-state index contributed by atoms with van der Waals surface area (Å²) in [6, 6.07) is 9.18. The molecule has 2 aromatic carbocycles. The highest BCUT2D eigenvalue weighted by Crippen LogP contribution is 2.35. The van der Waals surface area contributed by atoms with E-state index in [4.69, 9.17) is 4.74 Å². The van der Waals surface area contributed by atoms with Crippen molar-refractivity contribution >= 4 is 16.7 Å². The van der Waals surface area contributed by atoms with Gasteiger partial charge in [0.15, 0.2) is 0 Å². The molecule has 2 aromatic rings. The molecule has 1 N–H and O–H groups in total. The number of aromatic hydroxyl groups is 1. The van der Waals surface area contributed by atoms with Gasteiger partial charge >= 0.3 is 5.97 Å². The van der Waals surface area contributed by atoms with Gasteiger partial charge in [0.1, 0.15) is 12.4 Å². The molecule has 1 heterocycles. The SMILES string of the molecule is O=C1OCc2c1cc1ccccc1c2O. The third kappa shape index (κ3) is 1.03. The highest BCUT2D eigenvalue weighted by Gasteiger charge is 2.25. The number of ether oxygens (including phenoxy) is 1. The maximum atomic E-state index is 11.3. The van der Waals surface area contributed by atoms with Crippen LogP contribution in [0.15, 0.2) is 30.3 Å². The van der Waals surface area contributed by atoms with Crippen LogP contribution in [0.2, 0.25) is 0 Å². The van der Waals surface area contributed by atoms with Gasteiger partial charge in [-0.3, -0.25) is 0 Å². The van der Waals surface area contributed by atoms with Crippen LogP contribution < -0.4 is 0 Å². The number of hydrogen-bond donors (Lipinski definition) is 1. The topological polar surface area (TPSA) is 46.5 Å². The largest absolute Gasteiger partial charge is 0.507 e. The fourth-order valence-corrected chi connectivity index (χ4v) is 1.91. The lowest BCUT2D eigenvalue weighted by molar-refractivity contribution is 0.0534. The Bertz CT molecular complexity index is 572. The molecular weight excluding hydrogens is 192 g/mol. The van der Waals surface area contributed by atoms with Crippen LogP contribution in [-0.2, 0) is 11.3 Å². The molecule has 0 aromatic heterocycles. The molecule has 0 saturated carbocycles. The minimum absolute atomic E-state index is 0.161. The summed E-state index contributed by atoms with van der Waals surface area (Å²) in [7, 11) is 0. The zero-order chi connectivity index (χ0) is 10.4. The van der Waals surface area contributed by atoms with Crippen molar-refractivity contribution in [3.8, 4) is 5.75 Å². The van der Waals surface area contributed by atoms with Gasteiger partial charge in [0.05, 0.1) is 5.56 Å². The number of phenolic OH excluding ortho intramolecular Hbond substituents is 1. The van der Waals surface area contributed by atoms with Gasteiger partial charge in [0.25, 0.3) is 0 Å². The molecule has 1 aliphatic heterocycles. The van der Waals surface area contributed by atoms with E-state index < -0.39 is 0 Å². The van der Waals surface area contributed by atoms with Crippen LogP contribution in [0, 0.1) is 0 Å². The van der Waals surface area contributed by atoms with E-state index in [0.29, 0.717) is 11.1 Å². The van der Waals surface area contributed by atoms with Crippen molar-refractivity contribution in [2.24, 2.45) is 0 Å². The number of phenols is 1. The quantitative estimate of drug-likeness (QED) is 0.663. The molecule has 0 radical (unpaired) electrons. The lowest BCUT2D eigenvalue weighted by atomic mass is 10.0. The van der Waals surface area contributed by atoms with Gasteiger partial charge in [0.2, 0.25) is 0 Å². The highest BCUT2D eigenvalue weighted by atomic mass is 16.5. The molecular formula is C12H8O3. The smallest absolute Gasteiger partial charge is 0.339 e. The van der Waals surface area contributed by atoms with E-state index in [-0.39, 0.29) is 18.3 Å². The monoisotopic (exact) mass is 200 g/mol. The fraction of sp³-hybridized carbons (Fsp3) is 0.0833. The van der Waals surface area contributed by atoms with Crippen LogP contribution >= 0.6 is 0 Å². The number of benzene rings is 2. The molecule has 1 aliphatic rings. The predicted molar refractivity (Wildman–Crippen MR) is 54.7 cm³/mol. The molecule has 3 nitrogen and oxygen atoms in total. The molecule has 0 aliphatic carbocycles. The lowest BCUT2D eigenvalue weighted by Gasteiger charge is -2.04. The standard InChI is InChI=1S/C12H8O3/c13-11-8-4-2-1-3-7(8)5-9-10(11)6-15-12(9)14/h1-5,13H,6H2. The molecule has 0 bridgehead atoms. The van der Waals surface area contributed by atoms with Gasteiger partial charge in [-0.25, -0.2) is 4.79 Å². The first-order chi connectivity index (χ1) is 7.27. The number of esters is 1. The Labute approximate surface area is 85.9 Å². The lowest BCUT2D eigenvalue weighted by Crippen LogP contribution is -1.93. The second-order valence-electron chi connectivity index (χ2n) is 3.55. The number of carbonyl (C=O) groups excluding carboxylic acids is 1. The molecule has 0 unspecified atom stereocenters. The summed E-state index contributed by atoms with van der Waals surface area (Å²) in [5, 5.41) is 11.6. The van der Waals surface area contributed by atoms with Crippen molar-refractivity contribution in [2.45, 2.75) is 6.61 Å². The number of hydrogen-bond acceptors (Lipinski definition) is 3. The highest BCUT2D eigenvalue weighted by molar-refractivity contribution is 6.02. The zero-order valence-electron chi connectivity index (χ0n) is 7.86. The molecule has 0 atom stereocenters. The zero-order valence-corrected chi connectivity index (χ0v) is 7.86. The van der Waals surface area contributed by atoms with Gasteiger partial charge < -0.3 is 9.84 Å². The minimum Gasteiger partial charge on any atom is -0.507 e. The summed E-state index contributed by atoms with van der Waals surface area (Å²) < 4.78 is 4.88. The molecule has 0 saturated heterocycles. The van der Waals surface area contributed by atoms with Crippen molar-refractivity contribution < 1.29 is 14.6 Å². The first kappa shape index (κ1) is 8.29. The maximum Gasteiger partial charge on any atom is 0.339 e. The van der Waals surface area contributed by atoms with Crippen molar-refractivity contribution in [1.29, 1.82) is 0 Å². The summed E-state index contributed by atoms with van der Waals surface area (Å²) in [4.78, 5) is 11.3. The molecule has 0 amide bonds. The van der Waals surface area contributed by atoms with Crippen LogP contribution in [0.5, 0.6) is 5.75 Å². The van der Waals surface area contributed by atoms with Crippen LogP contribution in [0.25, 0.3) is 10.8 Å². The average molecular weight is 200 g/mol. The Balaban J connectivity index is 2.46. The Morgan fingerprint density at radius 3 is 2.93 bits per heavy atom. The summed E-state index contributed by atoms with van der Waals surface area (Å²) in [6.07, 6.45) is 0. The second kappa shape index (κ2) is 2.73. The Hall–Kier alpha value is -2.03. The molecule has 0 spiro atoms. The van der Waals surface area contributed by atoms with E-state index in [1.54, 1.807) is 6.07 Å². The van der Waals surface area contributed by atoms with E-state index in [9.17, 15) is 9.90 Å².